The molecule has 0 spiro atoms. The second kappa shape index (κ2) is 18.7. The fraction of sp³-hybridized carbons (Fsp3) is 0.257. The summed E-state index contributed by atoms with van der Waals surface area (Å²) in [5.74, 6) is -1.87. The van der Waals surface area contributed by atoms with Gasteiger partial charge in [-0.3, -0.25) is 0 Å². The Morgan fingerprint density at radius 1 is 0.789 bits per heavy atom. The Bertz CT molecular complexity index is 2470. The van der Waals surface area contributed by atoms with Gasteiger partial charge in [-0.15, -0.1) is 15.3 Å². The van der Waals surface area contributed by atoms with E-state index in [0.717, 1.165) is 30.9 Å². The molecule has 4 aromatic carbocycles. The number of nitrogens with one attached hydrogen (secondary N) is 1. The van der Waals surface area contributed by atoms with Gasteiger partial charge in [0, 0.05) is 83.6 Å². The molecule has 57 heavy (non-hydrogen) atoms. The van der Waals surface area contributed by atoms with Crippen molar-refractivity contribution < 1.29 is 56.7 Å². The van der Waals surface area contributed by atoms with Crippen LogP contribution in [0, 0.1) is 11.6 Å². The van der Waals surface area contributed by atoms with E-state index in [1.54, 1.807) is 30.3 Å². The molecule has 2 aromatic heterocycles. The van der Waals surface area contributed by atoms with Gasteiger partial charge in [-0.25, -0.2) is 22.2 Å². The number of alkyl halides is 3. The number of azo groups is 2. The SMILES string of the molecule is CCN(CC)c1ccc(N=Nc2nc3cc(F)c(F)cc3[nH]2)c(O)c1.CCN(CC)c1ccc(N=Nc2nc3ccc(Cl)cc3o2)c([N-]S(=O)(=O)C(F)(F)F)c1.[Co]. The first kappa shape index (κ1) is 44.3. The summed E-state index contributed by atoms with van der Waals surface area (Å²) in [6.07, 6.45) is 0. The van der Waals surface area contributed by atoms with E-state index in [1.807, 2.05) is 38.7 Å². The number of H-pyrrole nitrogens is 1. The van der Waals surface area contributed by atoms with Gasteiger partial charge in [0.1, 0.15) is 17.0 Å². The average molecular weight is 879 g/mol. The summed E-state index contributed by atoms with van der Waals surface area (Å²) in [5, 5.41) is 25.9. The molecule has 0 saturated carbocycles. The molecule has 0 aliphatic rings. The molecule has 0 atom stereocenters. The molecule has 0 amide bonds. The zero-order valence-electron chi connectivity index (χ0n) is 30.4. The first-order valence-electron chi connectivity index (χ1n) is 16.8. The minimum absolute atomic E-state index is 0. The maximum absolute atomic E-state index is 13.2. The first-order valence-corrected chi connectivity index (χ1v) is 18.6. The number of nitrogens with zero attached hydrogens (tertiary/aromatic N) is 9. The molecule has 0 aliphatic carbocycles. The van der Waals surface area contributed by atoms with Crippen molar-refractivity contribution in [2.24, 2.45) is 20.5 Å². The van der Waals surface area contributed by atoms with Crippen LogP contribution in [-0.2, 0) is 26.8 Å². The largest absolute Gasteiger partial charge is 0.568 e. The van der Waals surface area contributed by atoms with Crippen molar-refractivity contribution in [2.75, 3.05) is 36.0 Å². The molecule has 0 fully saturated rings. The number of aromatic nitrogens is 3. The van der Waals surface area contributed by atoms with Crippen LogP contribution in [0.1, 0.15) is 27.7 Å². The molecule has 0 bridgehead atoms. The van der Waals surface area contributed by atoms with Gasteiger partial charge in [-0.2, -0.15) is 18.2 Å². The molecule has 0 aliphatic heterocycles. The molecule has 22 heteroatoms. The Morgan fingerprint density at radius 3 is 2.00 bits per heavy atom. The quantitative estimate of drug-likeness (QED) is 0.0900. The average Bonchev–Trinajstić information content (AvgIpc) is 3.74. The van der Waals surface area contributed by atoms with Crippen LogP contribution in [0.4, 0.5) is 62.4 Å². The molecule has 2 N–H and O–H groups in total. The van der Waals surface area contributed by atoms with E-state index in [2.05, 4.69) is 45.0 Å². The van der Waals surface area contributed by atoms with Crippen molar-refractivity contribution >= 4 is 84.2 Å². The summed E-state index contributed by atoms with van der Waals surface area (Å²) in [4.78, 5) is 14.7. The van der Waals surface area contributed by atoms with Crippen LogP contribution >= 0.6 is 11.6 Å². The molecule has 0 saturated heterocycles. The normalized spacial score (nSPS) is 11.9. The van der Waals surface area contributed by atoms with Gasteiger partial charge in [-0.05, 0) is 64.1 Å². The van der Waals surface area contributed by atoms with E-state index in [1.165, 1.54) is 18.2 Å². The molecule has 6 aromatic rings. The molecule has 1 radical (unpaired) electrons. The predicted molar refractivity (Wildman–Crippen MR) is 203 cm³/mol. The number of benzene rings is 4. The number of halogens is 6. The van der Waals surface area contributed by atoms with Gasteiger partial charge in [-0.1, -0.05) is 28.5 Å². The van der Waals surface area contributed by atoms with Crippen molar-refractivity contribution in [3.8, 4) is 5.75 Å². The van der Waals surface area contributed by atoms with Crippen LogP contribution in [0.2, 0.25) is 5.02 Å². The van der Waals surface area contributed by atoms with E-state index in [-0.39, 0.29) is 51.4 Å². The number of phenols is 1. The number of aromatic hydroxyl groups is 1. The number of hydrogen-bond donors (Lipinski definition) is 2. The summed E-state index contributed by atoms with van der Waals surface area (Å²) in [7, 11) is -5.79. The molecule has 0 unspecified atom stereocenters. The zero-order valence-corrected chi connectivity index (χ0v) is 33.0. The van der Waals surface area contributed by atoms with E-state index in [4.69, 9.17) is 16.0 Å². The maximum Gasteiger partial charge on any atom is 0.483 e. The Balaban J connectivity index is 0.000000254. The van der Waals surface area contributed by atoms with Gasteiger partial charge < -0.3 is 29.0 Å². The van der Waals surface area contributed by atoms with E-state index >= 15 is 0 Å². The van der Waals surface area contributed by atoms with Crippen LogP contribution < -0.4 is 9.80 Å². The van der Waals surface area contributed by atoms with Crippen molar-refractivity contribution in [1.82, 2.24) is 15.0 Å². The standard InChI is InChI=1S/C18H16ClF3N5O3S.C17H17F2N5O.Co/c1-3-27(4-2)12-6-8-13(15(10-12)26-31(28,29)18(20,21)22)24-25-17-23-14-7-5-11(19)9-16(14)30-17;1-3-24(4-2)10-5-6-13(16(25)7-10)22-23-17-20-14-8-11(18)12(19)9-15(14)21-17;/h5-10H,3-4H2,1-2H3;5-9,25H,3-4H2,1-2H3,(H,20,21);/q-1;;. The van der Waals surface area contributed by atoms with Crippen LogP contribution in [-0.4, -0.2) is 60.2 Å². The molecular formula is C35H33ClCoF5N10O4S-. The van der Waals surface area contributed by atoms with Crippen LogP contribution in [0.3, 0.4) is 0 Å². The van der Waals surface area contributed by atoms with Crippen molar-refractivity contribution in [1.29, 1.82) is 0 Å². The number of anilines is 2. The van der Waals surface area contributed by atoms with Gasteiger partial charge >= 0.3 is 11.5 Å². The van der Waals surface area contributed by atoms with Gasteiger partial charge in [0.25, 0.3) is 0 Å². The first-order chi connectivity index (χ1) is 26.5. The Labute approximate surface area is 338 Å². The number of hydrogen-bond acceptors (Lipinski definition) is 12. The number of rotatable bonds is 12. The van der Waals surface area contributed by atoms with Crippen LogP contribution in [0.15, 0.2) is 91.6 Å². The zero-order chi connectivity index (χ0) is 40.8. The van der Waals surface area contributed by atoms with Crippen molar-refractivity contribution in [3.63, 3.8) is 0 Å². The Hall–Kier alpha value is -5.38. The number of fused-ring (bicyclic) bond motifs is 2. The summed E-state index contributed by atoms with van der Waals surface area (Å²) < 4.78 is 96.5. The molecule has 6 rings (SSSR count). The minimum atomic E-state index is -5.79. The van der Waals surface area contributed by atoms with Crippen molar-refractivity contribution in [2.45, 2.75) is 33.2 Å². The summed E-state index contributed by atoms with van der Waals surface area (Å²) >= 11 is 5.88. The Morgan fingerprint density at radius 2 is 1.39 bits per heavy atom. The number of aromatic amines is 1. The fourth-order valence-corrected chi connectivity index (χ4v) is 5.85. The van der Waals surface area contributed by atoms with Gasteiger partial charge in [0.05, 0.1) is 16.7 Å². The van der Waals surface area contributed by atoms with Crippen LogP contribution in [0.5, 0.6) is 5.75 Å². The maximum atomic E-state index is 13.2. The third-order valence-electron chi connectivity index (χ3n) is 8.03. The smallest absolute Gasteiger partial charge is 0.483 e. The summed E-state index contributed by atoms with van der Waals surface area (Å²) in [6.45, 7) is 10.5. The second-order valence-electron chi connectivity index (χ2n) is 11.6. The van der Waals surface area contributed by atoms with Crippen LogP contribution in [0.25, 0.3) is 26.9 Å². The number of phenolic OH excluding ortho intramolecular Hbond substituents is 1. The Kier molecular flexibility index (Phi) is 14.5. The third kappa shape index (κ3) is 10.7. The number of imidazole rings is 1. The summed E-state index contributed by atoms with van der Waals surface area (Å²) in [5.41, 5.74) is -3.28. The van der Waals surface area contributed by atoms with Gasteiger partial charge in [0.2, 0.25) is 5.95 Å². The van der Waals surface area contributed by atoms with E-state index in [0.29, 0.717) is 40.4 Å². The molecular weight excluding hydrogens is 846 g/mol. The fourth-order valence-electron chi connectivity index (χ4n) is 5.18. The van der Waals surface area contributed by atoms with E-state index in [9.17, 15) is 35.5 Å². The van der Waals surface area contributed by atoms with Gasteiger partial charge in [0.15, 0.2) is 27.2 Å². The molecule has 2 heterocycles. The van der Waals surface area contributed by atoms with E-state index < -0.39 is 32.9 Å². The molecule has 305 valence electrons. The molecule has 14 nitrogen and oxygen atoms in total. The predicted octanol–water partition coefficient (Wildman–Crippen LogP) is 11.4. The second-order valence-corrected chi connectivity index (χ2v) is 13.6. The summed E-state index contributed by atoms with van der Waals surface area (Å²) in [6, 6.07) is 15.7. The number of oxazole rings is 1. The number of sulfonamides is 1. The minimum Gasteiger partial charge on any atom is -0.568 e. The topological polar surface area (TPSA) is 179 Å². The monoisotopic (exact) mass is 878 g/mol. The third-order valence-corrected chi connectivity index (χ3v) is 9.29. The van der Waals surface area contributed by atoms with Crippen molar-refractivity contribution in [3.05, 3.63) is 88.1 Å².